The molecule has 76 heavy (non-hydrogen) atoms. The Hall–Kier alpha value is -3.34. The van der Waals surface area contributed by atoms with Crippen molar-refractivity contribution in [2.75, 3.05) is 26.4 Å². The van der Waals surface area contributed by atoms with Gasteiger partial charge in [0.05, 0.1) is 26.2 Å². The Kier molecular flexibility index (Phi) is 55.3. The second-order valence-corrected chi connectivity index (χ2v) is 21.6. The van der Waals surface area contributed by atoms with Crippen molar-refractivity contribution in [2.24, 2.45) is 0 Å². The van der Waals surface area contributed by atoms with Gasteiger partial charge in [0.15, 0.2) is 6.10 Å². The number of hydrogen-bond acceptors (Lipinski definition) is 10. The van der Waals surface area contributed by atoms with Crippen LogP contribution in [0, 0.1) is 0 Å². The number of carbonyl (C=O) groups is 3. The fourth-order valence-electron chi connectivity index (χ4n) is 8.18. The van der Waals surface area contributed by atoms with Gasteiger partial charge in [-0.15, -0.1) is 0 Å². The van der Waals surface area contributed by atoms with E-state index in [0.29, 0.717) is 19.3 Å². The third-order valence-corrected chi connectivity index (χ3v) is 13.8. The second kappa shape index (κ2) is 57.8. The molecule has 0 fully saturated rings. The van der Waals surface area contributed by atoms with Gasteiger partial charge in [0.2, 0.25) is 0 Å². The number of phosphoric ester groups is 1. The molecule has 11 nitrogen and oxygen atoms in total. The molecule has 0 aliphatic carbocycles. The van der Waals surface area contributed by atoms with E-state index in [1.807, 2.05) is 12.2 Å². The predicted molar refractivity (Wildman–Crippen MR) is 316 cm³/mol. The van der Waals surface area contributed by atoms with Crippen LogP contribution in [0.2, 0.25) is 0 Å². The smallest absolute Gasteiger partial charge is 0.461 e. The number of unbranched alkanes of at least 4 members (excludes halogenated alkanes) is 26. The number of aliphatic hydroxyl groups is 1. The van der Waals surface area contributed by atoms with E-state index in [4.69, 9.17) is 23.3 Å². The fraction of sp³-hybridized carbons (Fsp3) is 0.734. The molecule has 0 rings (SSSR count). The highest BCUT2D eigenvalue weighted by Crippen LogP contribution is 2.43. The average molecular weight is 1090 g/mol. The summed E-state index contributed by atoms with van der Waals surface area (Å²) in [5.41, 5.74) is 0. The van der Waals surface area contributed by atoms with Crippen LogP contribution < -0.4 is 0 Å². The van der Waals surface area contributed by atoms with E-state index in [1.165, 1.54) is 122 Å². The van der Waals surface area contributed by atoms with E-state index in [2.05, 4.69) is 87.6 Å². The molecule has 0 aromatic carbocycles. The van der Waals surface area contributed by atoms with Crippen molar-refractivity contribution in [1.29, 1.82) is 0 Å². The van der Waals surface area contributed by atoms with E-state index in [1.54, 1.807) is 6.08 Å². The summed E-state index contributed by atoms with van der Waals surface area (Å²) in [6, 6.07) is 0. The highest BCUT2D eigenvalue weighted by atomic mass is 31.2. The first-order chi connectivity index (χ1) is 37.2. The van der Waals surface area contributed by atoms with Crippen molar-refractivity contribution < 1.29 is 52.2 Å². The summed E-state index contributed by atoms with van der Waals surface area (Å²) in [6.45, 7) is 4.43. The zero-order valence-electron chi connectivity index (χ0n) is 48.5. The van der Waals surface area contributed by atoms with Crippen molar-refractivity contribution >= 4 is 25.7 Å². The zero-order valence-corrected chi connectivity index (χ0v) is 49.3. The minimum absolute atomic E-state index is 0.00838. The van der Waals surface area contributed by atoms with Gasteiger partial charge in [-0.3, -0.25) is 23.4 Å². The van der Waals surface area contributed by atoms with Gasteiger partial charge in [-0.2, -0.15) is 0 Å². The lowest BCUT2D eigenvalue weighted by Crippen LogP contribution is -2.30. The summed E-state index contributed by atoms with van der Waals surface area (Å²) in [5.74, 6) is -1.62. The van der Waals surface area contributed by atoms with Gasteiger partial charge < -0.3 is 24.2 Å². The Morgan fingerprint density at radius 3 is 1.11 bits per heavy atom. The van der Waals surface area contributed by atoms with Crippen molar-refractivity contribution in [3.63, 3.8) is 0 Å². The van der Waals surface area contributed by atoms with Crippen LogP contribution in [0.5, 0.6) is 0 Å². The summed E-state index contributed by atoms with van der Waals surface area (Å²) in [7, 11) is -4.77. The van der Waals surface area contributed by atoms with E-state index in [0.717, 1.165) is 83.5 Å². The number of hydrogen-bond donors (Lipinski definition) is 2. The Morgan fingerprint density at radius 2 is 0.724 bits per heavy atom. The lowest BCUT2D eigenvalue weighted by atomic mass is 10.1. The van der Waals surface area contributed by atoms with Gasteiger partial charge in [-0.1, -0.05) is 234 Å². The molecule has 0 saturated carbocycles. The zero-order chi connectivity index (χ0) is 55.5. The predicted octanol–water partition coefficient (Wildman–Crippen LogP) is 18.3. The maximum atomic E-state index is 12.9. The van der Waals surface area contributed by atoms with Crippen LogP contribution >= 0.6 is 7.82 Å². The molecule has 0 amide bonds. The molecular weight excluding hydrogens is 976 g/mol. The molecule has 3 atom stereocenters. The summed E-state index contributed by atoms with van der Waals surface area (Å²) < 4.78 is 39.5. The maximum absolute atomic E-state index is 12.9. The summed E-state index contributed by atoms with van der Waals surface area (Å²) in [6.07, 6.45) is 67.1. The molecule has 0 heterocycles. The fourth-order valence-corrected chi connectivity index (χ4v) is 8.97. The first kappa shape index (κ1) is 72.7. The quantitative estimate of drug-likeness (QED) is 0.0197. The van der Waals surface area contributed by atoms with Crippen LogP contribution in [0.4, 0.5) is 0 Å². The number of phosphoric acid groups is 1. The minimum Gasteiger partial charge on any atom is -0.461 e. The molecule has 2 N–H and O–H groups in total. The topological polar surface area (TPSA) is 155 Å². The Balaban J connectivity index is 4.78. The number of esters is 3. The van der Waals surface area contributed by atoms with Gasteiger partial charge in [0.1, 0.15) is 12.7 Å². The van der Waals surface area contributed by atoms with E-state index >= 15 is 0 Å². The summed E-state index contributed by atoms with van der Waals surface area (Å²) >= 11 is 0. The molecule has 12 heteroatoms. The number of aliphatic hydroxyl groups excluding tert-OH is 1. The van der Waals surface area contributed by atoms with E-state index in [-0.39, 0.29) is 19.3 Å². The van der Waals surface area contributed by atoms with E-state index < -0.39 is 64.4 Å². The molecule has 0 spiro atoms. The number of rotatable bonds is 56. The molecule has 3 unspecified atom stereocenters. The van der Waals surface area contributed by atoms with Crippen LogP contribution in [-0.2, 0) is 42.2 Å². The van der Waals surface area contributed by atoms with Gasteiger partial charge >= 0.3 is 25.7 Å². The molecule has 0 aliphatic heterocycles. The summed E-state index contributed by atoms with van der Waals surface area (Å²) in [5, 5.41) is 9.83. The van der Waals surface area contributed by atoms with Crippen molar-refractivity contribution in [3.8, 4) is 0 Å². The number of allylic oxidation sites excluding steroid dienone is 13. The Labute approximate surface area is 464 Å². The van der Waals surface area contributed by atoms with Crippen molar-refractivity contribution in [1.82, 2.24) is 0 Å². The number of carbonyl (C=O) groups excluding carboxylic acids is 3. The lowest BCUT2D eigenvalue weighted by molar-refractivity contribution is -0.161. The van der Waals surface area contributed by atoms with Gasteiger partial charge in [0, 0.05) is 12.8 Å². The standard InChI is InChI=1S/C64H111O11P/c1-4-7-10-13-16-19-22-25-28-30-33-36-39-42-45-48-51-54-63(67)74-60(56-65)58-72-76(69,70)73-59-61(57-71-62(66)53-50-47-44-41-38-35-32-27-24-21-18-15-12-9-6-3)75-64(68)55-52-49-46-43-40-37-34-31-29-26-23-20-17-14-11-8-5-2/h9,12,18,21,25-29,32,38,41,47,50,60-61,65H,4-8,10-11,13-17,19-20,22-24,30-31,33-37,39-40,42-46,48-49,51-59H2,1-3H3,(H,69,70)/b12-9-,21-18-,28-25-,29-26-,32-27-,41-38-,50-47-. The van der Waals surface area contributed by atoms with E-state index in [9.17, 15) is 28.9 Å². The van der Waals surface area contributed by atoms with Crippen molar-refractivity contribution in [3.05, 3.63) is 85.1 Å². The van der Waals surface area contributed by atoms with Crippen LogP contribution in [0.1, 0.15) is 265 Å². The SMILES string of the molecule is CC/C=C\C/C=C\C/C=C\C/C=C\C/C=C\CC(=O)OCC(COP(=O)(O)OCC(CO)OC(=O)CCCCCCCCC/C=C\CCCCCCCC)OC(=O)CCCCCCCCC/C=C\CCCCCCCC. The largest absolute Gasteiger partial charge is 0.472 e. The molecule has 0 aromatic heterocycles. The maximum Gasteiger partial charge on any atom is 0.472 e. The molecule has 0 bridgehead atoms. The van der Waals surface area contributed by atoms with Gasteiger partial charge in [0.25, 0.3) is 0 Å². The van der Waals surface area contributed by atoms with Gasteiger partial charge in [-0.25, -0.2) is 4.57 Å². The Bertz CT molecular complexity index is 1600. The van der Waals surface area contributed by atoms with Gasteiger partial charge in [-0.05, 0) is 96.3 Å². The lowest BCUT2D eigenvalue weighted by Gasteiger charge is -2.21. The number of ether oxygens (including phenoxy) is 3. The van der Waals surface area contributed by atoms with Crippen LogP contribution in [0.25, 0.3) is 0 Å². The second-order valence-electron chi connectivity index (χ2n) is 20.1. The normalized spacial score (nSPS) is 13.9. The molecule has 0 radical (unpaired) electrons. The first-order valence-electron chi connectivity index (χ1n) is 30.5. The molecule has 438 valence electrons. The Morgan fingerprint density at radius 1 is 0.395 bits per heavy atom. The van der Waals surface area contributed by atoms with Crippen LogP contribution in [0.3, 0.4) is 0 Å². The molecular formula is C64H111O11P. The molecule has 0 aliphatic rings. The highest BCUT2D eigenvalue weighted by Gasteiger charge is 2.28. The summed E-state index contributed by atoms with van der Waals surface area (Å²) in [4.78, 5) is 48.6. The highest BCUT2D eigenvalue weighted by molar-refractivity contribution is 7.47. The van der Waals surface area contributed by atoms with Crippen LogP contribution in [-0.4, -0.2) is 66.5 Å². The molecule has 0 saturated heterocycles. The minimum atomic E-state index is -4.77. The monoisotopic (exact) mass is 1090 g/mol. The molecule has 0 aromatic rings. The third kappa shape index (κ3) is 55.4. The van der Waals surface area contributed by atoms with Crippen molar-refractivity contribution in [2.45, 2.75) is 277 Å². The third-order valence-electron chi connectivity index (χ3n) is 12.8. The average Bonchev–Trinajstić information content (AvgIpc) is 3.41. The first-order valence-corrected chi connectivity index (χ1v) is 32.0. The van der Waals surface area contributed by atoms with Crippen LogP contribution in [0.15, 0.2) is 85.1 Å².